The van der Waals surface area contributed by atoms with Crippen LogP contribution in [0.4, 0.5) is 15.8 Å². The Morgan fingerprint density at radius 1 is 0.461 bits per heavy atom. The van der Waals surface area contributed by atoms with Crippen LogP contribution in [0.3, 0.4) is 0 Å². The summed E-state index contributed by atoms with van der Waals surface area (Å²) in [5.74, 6) is 3.64. The molecule has 76 heavy (non-hydrogen) atoms. The number of carbonyl (C=O) groups is 6. The third-order valence-corrected chi connectivity index (χ3v) is 8.53. The van der Waals surface area contributed by atoms with E-state index >= 15 is 0 Å². The molecule has 6 aromatic carbocycles. The fourth-order valence-corrected chi connectivity index (χ4v) is 5.02. The molecule has 0 aromatic heterocycles. The Kier molecular flexibility index (Phi) is 32.0. The van der Waals surface area contributed by atoms with Gasteiger partial charge in [-0.3, -0.25) is 38.9 Å². The highest BCUT2D eigenvalue weighted by Gasteiger charge is 2.13. The normalized spacial score (nSPS) is 9.38. The minimum absolute atomic E-state index is 0.0100. The molecule has 0 unspecified atom stereocenters. The number of methoxy groups -OCH3 is 1. The van der Waals surface area contributed by atoms with Crippen molar-refractivity contribution in [2.24, 2.45) is 0 Å². The van der Waals surface area contributed by atoms with Crippen LogP contribution in [0.2, 0.25) is 0 Å². The number of benzene rings is 6. The molecule has 0 saturated heterocycles. The number of ketones is 6. The van der Waals surface area contributed by atoms with Crippen molar-refractivity contribution in [3.63, 3.8) is 0 Å². The lowest BCUT2D eigenvalue weighted by atomic mass is 10.2. The van der Waals surface area contributed by atoms with Crippen molar-refractivity contribution in [2.75, 3.05) is 46.8 Å². The molecule has 0 saturated carbocycles. The second-order valence-corrected chi connectivity index (χ2v) is 16.0. The van der Waals surface area contributed by atoms with Crippen molar-refractivity contribution in [3.05, 3.63) is 184 Å². The maximum Gasteiger partial charge on any atom is 0.310 e. The van der Waals surface area contributed by atoms with Gasteiger partial charge in [-0.2, -0.15) is 0 Å². The van der Waals surface area contributed by atoms with Gasteiger partial charge in [0, 0.05) is 6.07 Å². The maximum atomic E-state index is 12.4. The van der Waals surface area contributed by atoms with Gasteiger partial charge in [0.1, 0.15) is 80.0 Å². The van der Waals surface area contributed by atoms with Gasteiger partial charge in [0.25, 0.3) is 0 Å². The summed E-state index contributed by atoms with van der Waals surface area (Å²) in [7, 11) is 1.60. The third kappa shape index (κ3) is 32.7. The molecular weight excluding hydrogens is 984 g/mol. The second kappa shape index (κ2) is 37.5. The maximum absolute atomic E-state index is 12.4. The lowest BCUT2D eigenvalue weighted by Gasteiger charge is -2.04. The smallest absolute Gasteiger partial charge is 0.310 e. The number of hydrogen-bond acceptors (Lipinski definition) is 15. The van der Waals surface area contributed by atoms with Gasteiger partial charge in [-0.1, -0.05) is 54.1 Å². The molecule has 17 nitrogen and oxygen atoms in total. The SMILES string of the molecule is CC(=O)COc1ccc(C)cc1.CC(=O)COc1ccc(F)cc1.CC(=O)COc1cccc(C)c1.CC(=O)COc1ccccc1[N+](=O)[O-].COc1ccc(OCC(C)=O)cc1.[C-]#[N+]c1cccc(OCC(C)=O)c1. The second-order valence-electron chi connectivity index (χ2n) is 16.0. The summed E-state index contributed by atoms with van der Waals surface area (Å²) in [4.78, 5) is 76.6. The van der Waals surface area contributed by atoms with Gasteiger partial charge < -0.3 is 33.2 Å². The molecule has 18 heteroatoms. The van der Waals surface area contributed by atoms with E-state index in [1.807, 2.05) is 62.4 Å². The van der Waals surface area contributed by atoms with Crippen LogP contribution >= 0.6 is 0 Å². The average Bonchev–Trinajstić information content (AvgIpc) is 3.39. The number of para-hydroxylation sites is 2. The van der Waals surface area contributed by atoms with Crippen LogP contribution in [-0.4, -0.2) is 86.4 Å². The quantitative estimate of drug-likeness (QED) is 0.0395. The molecule has 0 aliphatic carbocycles. The molecule has 0 N–H and O–H groups in total. The van der Waals surface area contributed by atoms with Crippen molar-refractivity contribution >= 4 is 46.1 Å². The van der Waals surface area contributed by atoms with E-state index in [1.165, 1.54) is 83.5 Å². The molecule has 0 heterocycles. The zero-order valence-electron chi connectivity index (χ0n) is 44.0. The zero-order chi connectivity index (χ0) is 56.8. The highest BCUT2D eigenvalue weighted by atomic mass is 19.1. The van der Waals surface area contributed by atoms with Crippen LogP contribution in [0.5, 0.6) is 40.2 Å². The monoisotopic (exact) mass is 1050 g/mol. The van der Waals surface area contributed by atoms with Gasteiger partial charge in [-0.25, -0.2) is 9.24 Å². The van der Waals surface area contributed by atoms with Gasteiger partial charge in [0.05, 0.1) is 18.6 Å². The number of carbonyl (C=O) groups excluding carboxylic acids is 6. The summed E-state index contributed by atoms with van der Waals surface area (Å²) in [6.45, 7) is 19.9. The highest BCUT2D eigenvalue weighted by molar-refractivity contribution is 5.79. The predicted molar refractivity (Wildman–Crippen MR) is 285 cm³/mol. The minimum Gasteiger partial charge on any atom is -0.497 e. The minimum atomic E-state index is -0.546. The van der Waals surface area contributed by atoms with Crippen LogP contribution in [0, 0.1) is 36.4 Å². The first kappa shape index (κ1) is 64.8. The Morgan fingerprint density at radius 2 is 0.829 bits per heavy atom. The van der Waals surface area contributed by atoms with Crippen LogP contribution < -0.4 is 33.2 Å². The average molecular weight is 1050 g/mol. The number of aryl methyl sites for hydroxylation is 2. The van der Waals surface area contributed by atoms with Gasteiger partial charge in [0.15, 0.2) is 46.1 Å². The molecule has 0 amide bonds. The van der Waals surface area contributed by atoms with Crippen LogP contribution in [0.15, 0.2) is 146 Å². The molecule has 0 aliphatic heterocycles. The summed E-state index contributed by atoms with van der Waals surface area (Å²) in [6, 6.07) is 40.6. The van der Waals surface area contributed by atoms with E-state index in [4.69, 9.17) is 39.7 Å². The first-order valence-electron chi connectivity index (χ1n) is 23.1. The van der Waals surface area contributed by atoms with Crippen LogP contribution in [-0.2, 0) is 28.8 Å². The van der Waals surface area contributed by atoms with Gasteiger partial charge in [-0.15, -0.1) is 0 Å². The summed E-state index contributed by atoms with van der Waals surface area (Å²) < 4.78 is 48.0. The summed E-state index contributed by atoms with van der Waals surface area (Å²) in [6.07, 6.45) is 0. The van der Waals surface area contributed by atoms with E-state index < -0.39 is 4.92 Å². The number of nitrogens with zero attached hydrogens (tertiary/aromatic N) is 2. The van der Waals surface area contributed by atoms with Gasteiger partial charge in [-0.05, 0) is 152 Å². The van der Waals surface area contributed by atoms with E-state index in [2.05, 4.69) is 4.85 Å². The highest BCUT2D eigenvalue weighted by Crippen LogP contribution is 2.26. The standard InChI is InChI=1S/C10H9NO2.C10H12O3.2C10H12O2.C9H9FO2.C9H9NO4/c1-8(12)7-13-10-5-3-4-9(6-10)11-2;1-8(11)7-13-10-5-3-9(12-2)4-6-10;1-8-3-5-10(6-4-8)12-7-9(2)11;1-8-4-3-5-10(6-8)12-7-9(2)11;1-7(11)6-12-9-4-2-8(10)3-5-9;1-7(11)6-14-9-5-3-2-4-8(9)10(12)13/h3-6H,7H2,1H3;3-6H,7H2,1-2H3;2*3-6H,7H2,1-2H3;2-5H,6H2,1H3;2-5H,6H2,1H3. The summed E-state index contributed by atoms with van der Waals surface area (Å²) in [5, 5.41) is 10.5. The topological polar surface area (TPSA) is 215 Å². The predicted octanol–water partition coefficient (Wildman–Crippen LogP) is 11.1. The molecule has 0 aliphatic rings. The van der Waals surface area contributed by atoms with E-state index in [0.29, 0.717) is 22.9 Å². The van der Waals surface area contributed by atoms with Crippen LogP contribution in [0.1, 0.15) is 52.7 Å². The Morgan fingerprint density at radius 3 is 1.24 bits per heavy atom. The zero-order valence-corrected chi connectivity index (χ0v) is 44.0. The largest absolute Gasteiger partial charge is 0.497 e. The fourth-order valence-electron chi connectivity index (χ4n) is 5.02. The first-order chi connectivity index (χ1) is 36.1. The fraction of sp³-hybridized carbons (Fsp3) is 0.259. The number of ether oxygens (including phenoxy) is 7. The molecule has 0 spiro atoms. The molecule has 6 rings (SSSR count). The van der Waals surface area contributed by atoms with E-state index in [-0.39, 0.29) is 91.6 Å². The number of rotatable bonds is 20. The van der Waals surface area contributed by atoms with Crippen LogP contribution in [0.25, 0.3) is 4.85 Å². The van der Waals surface area contributed by atoms with Crippen molar-refractivity contribution in [2.45, 2.75) is 55.4 Å². The molecule has 0 fully saturated rings. The Hall–Kier alpha value is -9.24. The number of hydrogen-bond donors (Lipinski definition) is 0. The molecule has 402 valence electrons. The molecule has 6 aromatic rings. The third-order valence-electron chi connectivity index (χ3n) is 8.53. The van der Waals surface area contributed by atoms with Crippen molar-refractivity contribution in [1.82, 2.24) is 0 Å². The molecule has 0 atom stereocenters. The van der Waals surface area contributed by atoms with E-state index in [9.17, 15) is 43.3 Å². The Labute approximate surface area is 442 Å². The molecule has 0 bridgehead atoms. The number of halogens is 1. The van der Waals surface area contributed by atoms with Gasteiger partial charge >= 0.3 is 5.69 Å². The Bertz CT molecular complexity index is 2730. The molecule has 0 radical (unpaired) electrons. The number of nitro benzene ring substituents is 1. The van der Waals surface area contributed by atoms with Crippen molar-refractivity contribution in [1.29, 1.82) is 0 Å². The lowest BCUT2D eigenvalue weighted by Crippen LogP contribution is -2.07. The van der Waals surface area contributed by atoms with E-state index in [1.54, 1.807) is 67.8 Å². The number of Topliss-reactive ketones (excluding diaryl/α,β-unsaturated/α-hetero) is 6. The lowest BCUT2D eigenvalue weighted by molar-refractivity contribution is -0.385. The summed E-state index contributed by atoms with van der Waals surface area (Å²) in [5.41, 5.74) is 2.70. The first-order valence-corrected chi connectivity index (χ1v) is 23.1. The number of nitro groups is 1. The van der Waals surface area contributed by atoms with E-state index in [0.717, 1.165) is 22.8 Å². The Balaban J connectivity index is 0.000000456. The van der Waals surface area contributed by atoms with Gasteiger partial charge in [0.2, 0.25) is 0 Å². The van der Waals surface area contributed by atoms with Crippen molar-refractivity contribution < 1.29 is 71.2 Å². The molecular formula is C58H63FN2O15. The van der Waals surface area contributed by atoms with Crippen molar-refractivity contribution in [3.8, 4) is 40.2 Å². The summed E-state index contributed by atoms with van der Waals surface area (Å²) >= 11 is 0.